The number of para-hydroxylation sites is 1. The Kier molecular flexibility index (Phi) is 4.23. The fraction of sp³-hybridized carbons (Fsp3) is 0.0385. The van der Waals surface area contributed by atoms with Crippen LogP contribution in [0.15, 0.2) is 83.4 Å². The smallest absolute Gasteiger partial charge is 0.259 e. The van der Waals surface area contributed by atoms with Crippen LogP contribution in [0.25, 0.3) is 50.1 Å². The number of rotatable bonds is 3. The largest absolute Gasteiger partial charge is 0.383 e. The van der Waals surface area contributed by atoms with Gasteiger partial charge in [-0.25, -0.2) is 14.1 Å². The number of fused-ring (bicyclic) bond motifs is 2. The zero-order valence-corrected chi connectivity index (χ0v) is 17.7. The molecule has 33 heavy (non-hydrogen) atoms. The predicted molar refractivity (Wildman–Crippen MR) is 126 cm³/mol. The highest BCUT2D eigenvalue weighted by Crippen LogP contribution is 2.43. The Balaban J connectivity index is 1.76. The second-order valence-corrected chi connectivity index (χ2v) is 7.82. The summed E-state index contributed by atoms with van der Waals surface area (Å²) < 4.78 is 21.8. The van der Waals surface area contributed by atoms with Gasteiger partial charge in [0.1, 0.15) is 17.3 Å². The molecule has 6 nitrogen and oxygen atoms in total. The maximum absolute atomic E-state index is 14.4. The standard InChI is InChI=1S/C26H18FN5O/c1-15-21(25(28)32(30-15)18-10-6-3-7-11-18)22-19-14-17(27)12-13-20(19)29-26-23(22)24(31-33-26)16-8-4-2-5-9-16/h2-14H,28H2,1H3. The van der Waals surface area contributed by atoms with E-state index >= 15 is 0 Å². The fourth-order valence-corrected chi connectivity index (χ4v) is 4.31. The number of hydrogen-bond donors (Lipinski definition) is 1. The van der Waals surface area contributed by atoms with Crippen molar-refractivity contribution < 1.29 is 8.91 Å². The highest BCUT2D eigenvalue weighted by Gasteiger charge is 2.25. The highest BCUT2D eigenvalue weighted by atomic mass is 19.1. The zero-order valence-electron chi connectivity index (χ0n) is 17.7. The summed E-state index contributed by atoms with van der Waals surface area (Å²) in [6.45, 7) is 1.89. The van der Waals surface area contributed by atoms with Gasteiger partial charge in [-0.3, -0.25) is 0 Å². The Morgan fingerprint density at radius 2 is 1.64 bits per heavy atom. The van der Waals surface area contributed by atoms with Gasteiger partial charge in [-0.15, -0.1) is 0 Å². The molecule has 0 fully saturated rings. The van der Waals surface area contributed by atoms with E-state index in [-0.39, 0.29) is 5.82 Å². The van der Waals surface area contributed by atoms with E-state index in [0.717, 1.165) is 11.3 Å². The van der Waals surface area contributed by atoms with Gasteiger partial charge < -0.3 is 10.3 Å². The summed E-state index contributed by atoms with van der Waals surface area (Å²) in [5.41, 5.74) is 12.0. The van der Waals surface area contributed by atoms with Crippen molar-refractivity contribution in [3.05, 3.63) is 90.4 Å². The van der Waals surface area contributed by atoms with Gasteiger partial charge in [-0.2, -0.15) is 5.10 Å². The third kappa shape index (κ3) is 2.97. The average molecular weight is 435 g/mol. The molecule has 0 spiro atoms. The van der Waals surface area contributed by atoms with Crippen LogP contribution in [-0.2, 0) is 0 Å². The third-order valence-corrected chi connectivity index (χ3v) is 5.77. The van der Waals surface area contributed by atoms with Crippen LogP contribution in [-0.4, -0.2) is 19.9 Å². The molecule has 2 N–H and O–H groups in total. The topological polar surface area (TPSA) is 82.8 Å². The maximum Gasteiger partial charge on any atom is 0.259 e. The van der Waals surface area contributed by atoms with Gasteiger partial charge in [0.15, 0.2) is 0 Å². The first-order valence-electron chi connectivity index (χ1n) is 10.5. The second-order valence-electron chi connectivity index (χ2n) is 7.82. The Morgan fingerprint density at radius 3 is 2.39 bits per heavy atom. The van der Waals surface area contributed by atoms with E-state index in [9.17, 15) is 4.39 Å². The number of hydrogen-bond acceptors (Lipinski definition) is 5. The molecule has 3 heterocycles. The van der Waals surface area contributed by atoms with E-state index in [2.05, 4.69) is 10.1 Å². The van der Waals surface area contributed by atoms with E-state index in [4.69, 9.17) is 15.4 Å². The van der Waals surface area contributed by atoms with Gasteiger partial charge in [-0.1, -0.05) is 53.7 Å². The highest BCUT2D eigenvalue weighted by molar-refractivity contribution is 6.14. The summed E-state index contributed by atoms with van der Waals surface area (Å²) in [5, 5.41) is 10.3. The van der Waals surface area contributed by atoms with Crippen LogP contribution in [0, 0.1) is 12.7 Å². The Bertz CT molecular complexity index is 1640. The van der Waals surface area contributed by atoms with Crippen molar-refractivity contribution in [2.45, 2.75) is 6.92 Å². The van der Waals surface area contributed by atoms with Crippen molar-refractivity contribution in [2.75, 3.05) is 5.73 Å². The molecule has 0 atom stereocenters. The van der Waals surface area contributed by atoms with Crippen molar-refractivity contribution in [2.24, 2.45) is 0 Å². The van der Waals surface area contributed by atoms with Crippen LogP contribution in [0.2, 0.25) is 0 Å². The number of anilines is 1. The molecular formula is C26H18FN5O. The summed E-state index contributed by atoms with van der Waals surface area (Å²) in [6.07, 6.45) is 0. The van der Waals surface area contributed by atoms with Crippen molar-refractivity contribution in [1.82, 2.24) is 19.9 Å². The maximum atomic E-state index is 14.4. The van der Waals surface area contributed by atoms with Crippen molar-refractivity contribution in [3.8, 4) is 28.1 Å². The minimum Gasteiger partial charge on any atom is -0.383 e. The van der Waals surface area contributed by atoms with E-state index in [1.165, 1.54) is 12.1 Å². The van der Waals surface area contributed by atoms with Crippen LogP contribution in [0.5, 0.6) is 0 Å². The lowest BCUT2D eigenvalue weighted by Crippen LogP contribution is -2.02. The number of nitrogens with two attached hydrogens (primary N) is 1. The zero-order chi connectivity index (χ0) is 22.5. The summed E-state index contributed by atoms with van der Waals surface area (Å²) in [5.74, 6) is 0.0752. The van der Waals surface area contributed by atoms with Crippen LogP contribution >= 0.6 is 0 Å². The summed E-state index contributed by atoms with van der Waals surface area (Å²) in [4.78, 5) is 4.61. The van der Waals surface area contributed by atoms with E-state index in [0.29, 0.717) is 50.3 Å². The minimum atomic E-state index is -0.366. The molecular weight excluding hydrogens is 417 g/mol. The van der Waals surface area contributed by atoms with Gasteiger partial charge >= 0.3 is 0 Å². The molecule has 0 aliphatic rings. The molecule has 3 aromatic carbocycles. The first-order chi connectivity index (χ1) is 16.1. The van der Waals surface area contributed by atoms with Crippen LogP contribution in [0.4, 0.5) is 10.2 Å². The van der Waals surface area contributed by atoms with E-state index in [1.54, 1.807) is 10.7 Å². The number of nitrogens with zero attached hydrogens (tertiary/aromatic N) is 4. The molecule has 6 rings (SSSR count). The molecule has 7 heteroatoms. The molecule has 160 valence electrons. The summed E-state index contributed by atoms with van der Waals surface area (Å²) in [7, 11) is 0. The first-order valence-corrected chi connectivity index (χ1v) is 10.5. The number of nitrogen functional groups attached to an aromatic ring is 1. The molecule has 0 bridgehead atoms. The second kappa shape index (κ2) is 7.27. The lowest BCUT2D eigenvalue weighted by molar-refractivity contribution is 0.452. The average Bonchev–Trinajstić information content (AvgIpc) is 3.39. The van der Waals surface area contributed by atoms with Gasteiger partial charge in [0, 0.05) is 22.1 Å². The Labute approximate surface area is 188 Å². The first kappa shape index (κ1) is 19.2. The molecule has 0 amide bonds. The molecule has 0 radical (unpaired) electrons. The van der Waals surface area contributed by atoms with E-state index < -0.39 is 0 Å². The minimum absolute atomic E-state index is 0.356. The molecule has 6 aromatic rings. The van der Waals surface area contributed by atoms with Crippen LogP contribution in [0.1, 0.15) is 5.69 Å². The molecule has 3 aromatic heterocycles. The van der Waals surface area contributed by atoms with Crippen molar-refractivity contribution >= 4 is 27.8 Å². The quantitative estimate of drug-likeness (QED) is 0.373. The Morgan fingerprint density at radius 1 is 0.909 bits per heavy atom. The number of aromatic nitrogens is 4. The van der Waals surface area contributed by atoms with E-state index in [1.807, 2.05) is 67.6 Å². The molecule has 0 aliphatic carbocycles. The lowest BCUT2D eigenvalue weighted by atomic mass is 9.95. The SMILES string of the molecule is Cc1nn(-c2ccccc2)c(N)c1-c1c2cc(F)ccc2nc2onc(-c3ccccc3)c12. The molecule has 0 saturated carbocycles. The predicted octanol–water partition coefficient (Wildman–Crippen LogP) is 5.93. The van der Waals surface area contributed by atoms with Crippen molar-refractivity contribution in [3.63, 3.8) is 0 Å². The summed E-state index contributed by atoms with van der Waals surface area (Å²) in [6, 6.07) is 23.8. The fourth-order valence-electron chi connectivity index (χ4n) is 4.31. The lowest BCUT2D eigenvalue weighted by Gasteiger charge is -2.10. The third-order valence-electron chi connectivity index (χ3n) is 5.77. The Hall–Kier alpha value is -4.52. The normalized spacial score (nSPS) is 11.5. The molecule has 0 unspecified atom stereocenters. The molecule has 0 saturated heterocycles. The van der Waals surface area contributed by atoms with Gasteiger partial charge in [0.25, 0.3) is 5.71 Å². The molecule has 0 aliphatic heterocycles. The number of pyridine rings is 1. The summed E-state index contributed by atoms with van der Waals surface area (Å²) >= 11 is 0. The number of halogens is 1. The van der Waals surface area contributed by atoms with Crippen LogP contribution in [0.3, 0.4) is 0 Å². The number of aryl methyl sites for hydroxylation is 1. The monoisotopic (exact) mass is 435 g/mol. The number of benzene rings is 3. The van der Waals surface area contributed by atoms with Crippen LogP contribution < -0.4 is 5.73 Å². The van der Waals surface area contributed by atoms with Gasteiger partial charge in [0.05, 0.1) is 22.3 Å². The van der Waals surface area contributed by atoms with Gasteiger partial charge in [0.2, 0.25) is 0 Å². The van der Waals surface area contributed by atoms with Gasteiger partial charge in [-0.05, 0) is 37.3 Å². The van der Waals surface area contributed by atoms with Crippen molar-refractivity contribution in [1.29, 1.82) is 0 Å².